The van der Waals surface area contributed by atoms with Gasteiger partial charge in [-0.1, -0.05) is 42.5 Å². The highest BCUT2D eigenvalue weighted by atomic mass is 28.3. The fraction of sp³-hybridized carbons (Fsp3) is 0.316. The summed E-state index contributed by atoms with van der Waals surface area (Å²) >= 11 is 0. The van der Waals surface area contributed by atoms with Crippen molar-refractivity contribution in [2.45, 2.75) is 25.9 Å². The maximum atomic E-state index is 6.06. The number of benzene rings is 2. The van der Waals surface area contributed by atoms with Crippen LogP contribution in [0.15, 0.2) is 59.6 Å². The molecule has 0 saturated carbocycles. The number of nitrogens with zero attached hydrogens (tertiary/aromatic N) is 2. The molecule has 1 aliphatic heterocycles. The normalized spacial score (nSPS) is 15.3. The molecule has 0 aliphatic carbocycles. The van der Waals surface area contributed by atoms with Crippen LogP contribution in [0, 0.1) is 0 Å². The molecule has 0 atom stereocenters. The highest BCUT2D eigenvalue weighted by Crippen LogP contribution is 2.29. The molecule has 23 heavy (non-hydrogen) atoms. The van der Waals surface area contributed by atoms with Crippen LogP contribution in [-0.4, -0.2) is 32.9 Å². The van der Waals surface area contributed by atoms with Crippen LogP contribution >= 0.6 is 0 Å². The number of hydrogen-bond donors (Lipinski definition) is 0. The van der Waals surface area contributed by atoms with Gasteiger partial charge in [-0.3, -0.25) is 0 Å². The number of likely N-dealkylation sites (tertiary alicyclic amines) is 1. The molecule has 0 radical (unpaired) electrons. The predicted octanol–water partition coefficient (Wildman–Crippen LogP) is 4.22. The zero-order chi connectivity index (χ0) is 16.1. The van der Waals surface area contributed by atoms with Gasteiger partial charge in [-0.05, 0) is 38.1 Å². The van der Waals surface area contributed by atoms with E-state index < -0.39 is 9.04 Å². The second kappa shape index (κ2) is 7.46. The lowest BCUT2D eigenvalue weighted by molar-refractivity contribution is 0.520. The zero-order valence-electron chi connectivity index (χ0n) is 13.9. The maximum absolute atomic E-state index is 6.06. The lowest BCUT2D eigenvalue weighted by Crippen LogP contribution is -2.28. The molecule has 1 heterocycles. The third-order valence-corrected chi connectivity index (χ3v) is 4.62. The first kappa shape index (κ1) is 15.8. The molecule has 120 valence electrons. The molecule has 0 N–H and O–H groups in total. The molecule has 0 amide bonds. The number of aliphatic imine (C=N–C) groups is 1. The summed E-state index contributed by atoms with van der Waals surface area (Å²) in [7, 11) is -1.15. The Kier molecular flexibility index (Phi) is 5.13. The molecule has 0 spiro atoms. The molecule has 2 aromatic rings. The van der Waals surface area contributed by atoms with E-state index in [0.717, 1.165) is 30.4 Å². The molecule has 3 rings (SSSR count). The van der Waals surface area contributed by atoms with E-state index in [0.29, 0.717) is 0 Å². The minimum absolute atomic E-state index is 0.904. The molecule has 1 aliphatic rings. The van der Waals surface area contributed by atoms with Gasteiger partial charge in [0.2, 0.25) is 9.04 Å². The van der Waals surface area contributed by atoms with Crippen molar-refractivity contribution >= 4 is 20.6 Å². The summed E-state index contributed by atoms with van der Waals surface area (Å²) in [4.78, 5) is 7.39. The summed E-state index contributed by atoms with van der Waals surface area (Å²) in [6.07, 6.45) is 2.48. The highest BCUT2D eigenvalue weighted by molar-refractivity contribution is 6.49. The third kappa shape index (κ3) is 4.02. The first-order valence-electron chi connectivity index (χ1n) is 8.39. The average Bonchev–Trinajstić information content (AvgIpc) is 3.08. The van der Waals surface area contributed by atoms with Crippen molar-refractivity contribution in [2.24, 2.45) is 4.99 Å². The van der Waals surface area contributed by atoms with Gasteiger partial charge in [0.1, 0.15) is 17.3 Å². The number of amidine groups is 1. The van der Waals surface area contributed by atoms with Crippen LogP contribution < -0.4 is 4.43 Å². The molecule has 2 aromatic carbocycles. The van der Waals surface area contributed by atoms with Crippen LogP contribution in [0.3, 0.4) is 0 Å². The predicted molar refractivity (Wildman–Crippen MR) is 99.4 cm³/mol. The van der Waals surface area contributed by atoms with Gasteiger partial charge in [-0.2, -0.15) is 0 Å². The Morgan fingerprint density at radius 2 is 1.61 bits per heavy atom. The fourth-order valence-corrected chi connectivity index (χ4v) is 3.56. The van der Waals surface area contributed by atoms with E-state index in [-0.39, 0.29) is 0 Å². The van der Waals surface area contributed by atoms with Gasteiger partial charge in [0, 0.05) is 18.7 Å². The van der Waals surface area contributed by atoms with E-state index in [2.05, 4.69) is 42.3 Å². The van der Waals surface area contributed by atoms with Crippen molar-refractivity contribution < 1.29 is 4.43 Å². The third-order valence-electron chi connectivity index (χ3n) is 3.89. The Bertz CT molecular complexity index is 664. The Morgan fingerprint density at radius 3 is 2.30 bits per heavy atom. The Labute approximate surface area is 140 Å². The number of rotatable bonds is 4. The standard InChI is InChI=1S/C19H24N2OSi/c1-23(2)22-18-13-7-6-12-17(18)20-19(21-14-8-9-15-21)16-10-4-3-5-11-16/h3-7,10-13,23H,8-9,14-15H2,1-2H3. The van der Waals surface area contributed by atoms with Crippen molar-refractivity contribution in [2.75, 3.05) is 13.1 Å². The van der Waals surface area contributed by atoms with Crippen LogP contribution in [0.2, 0.25) is 13.1 Å². The number of hydrogen-bond acceptors (Lipinski definition) is 2. The Morgan fingerprint density at radius 1 is 0.957 bits per heavy atom. The largest absolute Gasteiger partial charge is 0.546 e. The molecule has 0 aromatic heterocycles. The summed E-state index contributed by atoms with van der Waals surface area (Å²) in [6.45, 7) is 6.52. The molecular weight excluding hydrogens is 300 g/mol. The van der Waals surface area contributed by atoms with Crippen molar-refractivity contribution in [1.29, 1.82) is 0 Å². The van der Waals surface area contributed by atoms with Crippen LogP contribution in [0.5, 0.6) is 5.75 Å². The SMILES string of the molecule is C[SiH](C)Oc1ccccc1N=C(c1ccccc1)N1CCCC1. The van der Waals surface area contributed by atoms with Gasteiger partial charge in [0.15, 0.2) is 0 Å². The lowest BCUT2D eigenvalue weighted by atomic mass is 10.2. The molecular formula is C19H24N2OSi. The summed E-state index contributed by atoms with van der Waals surface area (Å²) in [5.74, 6) is 1.96. The minimum atomic E-state index is -1.15. The van der Waals surface area contributed by atoms with Gasteiger partial charge < -0.3 is 9.33 Å². The summed E-state index contributed by atoms with van der Waals surface area (Å²) < 4.78 is 6.06. The van der Waals surface area contributed by atoms with Crippen LogP contribution in [0.1, 0.15) is 18.4 Å². The van der Waals surface area contributed by atoms with Crippen molar-refractivity contribution in [3.05, 3.63) is 60.2 Å². The van der Waals surface area contributed by atoms with E-state index in [4.69, 9.17) is 9.42 Å². The maximum Gasteiger partial charge on any atom is 0.229 e. The topological polar surface area (TPSA) is 24.8 Å². The van der Waals surface area contributed by atoms with Gasteiger partial charge in [0.05, 0.1) is 0 Å². The van der Waals surface area contributed by atoms with E-state index in [1.165, 1.54) is 18.4 Å². The van der Waals surface area contributed by atoms with Crippen molar-refractivity contribution in [3.8, 4) is 5.75 Å². The van der Waals surface area contributed by atoms with E-state index >= 15 is 0 Å². The first-order chi connectivity index (χ1) is 11.2. The molecule has 1 fully saturated rings. The summed E-state index contributed by atoms with van der Waals surface area (Å²) in [5.41, 5.74) is 2.10. The second-order valence-corrected chi connectivity index (χ2v) is 8.46. The molecule has 3 nitrogen and oxygen atoms in total. The summed E-state index contributed by atoms with van der Waals surface area (Å²) in [6, 6.07) is 18.6. The van der Waals surface area contributed by atoms with Crippen molar-refractivity contribution in [3.63, 3.8) is 0 Å². The van der Waals surface area contributed by atoms with Gasteiger partial charge in [-0.25, -0.2) is 4.99 Å². The highest BCUT2D eigenvalue weighted by Gasteiger charge is 2.18. The smallest absolute Gasteiger partial charge is 0.229 e. The molecule has 1 saturated heterocycles. The molecule has 0 unspecified atom stereocenters. The van der Waals surface area contributed by atoms with Crippen LogP contribution in [-0.2, 0) is 0 Å². The van der Waals surface area contributed by atoms with Gasteiger partial charge >= 0.3 is 0 Å². The zero-order valence-corrected chi connectivity index (χ0v) is 15.1. The monoisotopic (exact) mass is 324 g/mol. The van der Waals surface area contributed by atoms with Crippen molar-refractivity contribution in [1.82, 2.24) is 4.90 Å². The van der Waals surface area contributed by atoms with E-state index in [1.54, 1.807) is 0 Å². The van der Waals surface area contributed by atoms with E-state index in [9.17, 15) is 0 Å². The fourth-order valence-electron chi connectivity index (χ4n) is 2.85. The summed E-state index contributed by atoms with van der Waals surface area (Å²) in [5, 5.41) is 0. The van der Waals surface area contributed by atoms with Crippen LogP contribution in [0.4, 0.5) is 5.69 Å². The molecule has 0 bridgehead atoms. The van der Waals surface area contributed by atoms with Gasteiger partial charge in [0.25, 0.3) is 0 Å². The lowest BCUT2D eigenvalue weighted by Gasteiger charge is -2.21. The average molecular weight is 325 g/mol. The second-order valence-electron chi connectivity index (χ2n) is 6.13. The molecule has 4 heteroatoms. The minimum Gasteiger partial charge on any atom is -0.546 e. The number of para-hydroxylation sites is 2. The Hall–Kier alpha value is -2.07. The first-order valence-corrected chi connectivity index (χ1v) is 11.2. The van der Waals surface area contributed by atoms with E-state index in [1.807, 2.05) is 30.3 Å². The van der Waals surface area contributed by atoms with Gasteiger partial charge in [-0.15, -0.1) is 0 Å². The Balaban J connectivity index is 2.01. The van der Waals surface area contributed by atoms with Crippen LogP contribution in [0.25, 0.3) is 0 Å². The quantitative estimate of drug-likeness (QED) is 0.478.